The third-order valence-electron chi connectivity index (χ3n) is 5.49. The maximum atomic E-state index is 13.4. The molecule has 1 fully saturated rings. The Labute approximate surface area is 209 Å². The summed E-state index contributed by atoms with van der Waals surface area (Å²) in [5.41, 5.74) is 1.56. The molecule has 7 nitrogen and oxygen atoms in total. The maximum absolute atomic E-state index is 13.4. The van der Waals surface area contributed by atoms with Gasteiger partial charge in [0.15, 0.2) is 5.13 Å². The van der Waals surface area contributed by atoms with Crippen LogP contribution in [0.2, 0.25) is 5.02 Å². The van der Waals surface area contributed by atoms with Crippen molar-refractivity contribution in [2.75, 3.05) is 11.5 Å². The van der Waals surface area contributed by atoms with Gasteiger partial charge in [0.1, 0.15) is 18.1 Å². The van der Waals surface area contributed by atoms with Crippen molar-refractivity contribution in [2.45, 2.75) is 6.04 Å². The molecule has 0 bridgehead atoms. The van der Waals surface area contributed by atoms with Gasteiger partial charge in [-0.05, 0) is 48.0 Å². The van der Waals surface area contributed by atoms with Gasteiger partial charge in [-0.3, -0.25) is 19.5 Å². The number of aromatic nitrogens is 2. The van der Waals surface area contributed by atoms with E-state index in [-0.39, 0.29) is 11.3 Å². The number of Topliss-reactive ketones (excluding diaryl/α,β-unsaturated/α-hetero) is 1. The van der Waals surface area contributed by atoms with Crippen LogP contribution in [0.15, 0.2) is 85.2 Å². The molecule has 0 radical (unpaired) electrons. The second-order valence-corrected chi connectivity index (χ2v) is 9.13. The number of anilines is 1. The number of ether oxygens (including phenoxy) is 1. The number of halogens is 1. The van der Waals surface area contributed by atoms with Crippen molar-refractivity contribution >= 4 is 55.7 Å². The van der Waals surface area contributed by atoms with Gasteiger partial charge in [-0.25, -0.2) is 4.98 Å². The highest BCUT2D eigenvalue weighted by Crippen LogP contribution is 2.45. The van der Waals surface area contributed by atoms with E-state index in [1.807, 2.05) is 0 Å². The van der Waals surface area contributed by atoms with Crippen molar-refractivity contribution in [3.63, 3.8) is 0 Å². The molecule has 1 atom stereocenters. The third kappa shape index (κ3) is 4.18. The van der Waals surface area contributed by atoms with E-state index in [4.69, 9.17) is 16.3 Å². The number of carbonyl (C=O) groups excluding carboxylic acids is 2. The second-order valence-electron chi connectivity index (χ2n) is 7.69. The van der Waals surface area contributed by atoms with Crippen LogP contribution in [0.1, 0.15) is 17.2 Å². The molecule has 1 saturated heterocycles. The van der Waals surface area contributed by atoms with Gasteiger partial charge < -0.3 is 9.84 Å². The SMILES string of the molecule is C=CCOc1cccc(C2C(=C(O)c3ccncc3)C(=O)C(=O)N2c2nc3ccc(Cl)cc3s2)c1. The first kappa shape index (κ1) is 22.8. The number of nitrogens with zero attached hydrogens (tertiary/aromatic N) is 3. The highest BCUT2D eigenvalue weighted by molar-refractivity contribution is 7.22. The number of ketones is 1. The fraction of sp³-hybridized carbons (Fsp3) is 0.0769. The molecule has 0 aliphatic carbocycles. The fourth-order valence-corrected chi connectivity index (χ4v) is 5.20. The average Bonchev–Trinajstić information content (AvgIpc) is 3.40. The first-order valence-corrected chi connectivity index (χ1v) is 11.8. The van der Waals surface area contributed by atoms with E-state index < -0.39 is 17.7 Å². The molecular weight excluding hydrogens is 486 g/mol. The molecule has 174 valence electrons. The van der Waals surface area contributed by atoms with Crippen LogP contribution < -0.4 is 9.64 Å². The molecule has 1 aliphatic heterocycles. The minimum Gasteiger partial charge on any atom is -0.507 e. The quantitative estimate of drug-likeness (QED) is 0.161. The topological polar surface area (TPSA) is 92.6 Å². The minimum atomic E-state index is -0.925. The summed E-state index contributed by atoms with van der Waals surface area (Å²) in [6.45, 7) is 3.95. The summed E-state index contributed by atoms with van der Waals surface area (Å²) in [5.74, 6) is -1.35. The summed E-state index contributed by atoms with van der Waals surface area (Å²) in [6, 6.07) is 14.5. The zero-order valence-electron chi connectivity index (χ0n) is 18.2. The van der Waals surface area contributed by atoms with E-state index in [2.05, 4.69) is 16.5 Å². The van der Waals surface area contributed by atoms with Gasteiger partial charge >= 0.3 is 5.91 Å². The molecule has 1 amide bonds. The lowest BCUT2D eigenvalue weighted by Crippen LogP contribution is -2.29. The zero-order valence-corrected chi connectivity index (χ0v) is 19.8. The van der Waals surface area contributed by atoms with E-state index in [9.17, 15) is 14.7 Å². The number of hydrogen-bond donors (Lipinski definition) is 1. The smallest absolute Gasteiger partial charge is 0.301 e. The highest BCUT2D eigenvalue weighted by atomic mass is 35.5. The van der Waals surface area contributed by atoms with Crippen LogP contribution in [-0.2, 0) is 9.59 Å². The molecule has 1 unspecified atom stereocenters. The zero-order chi connectivity index (χ0) is 24.5. The van der Waals surface area contributed by atoms with Gasteiger partial charge in [-0.1, -0.05) is 47.7 Å². The average molecular weight is 504 g/mol. The monoisotopic (exact) mass is 503 g/mol. The van der Waals surface area contributed by atoms with Gasteiger partial charge in [-0.2, -0.15) is 0 Å². The van der Waals surface area contributed by atoms with E-state index in [1.165, 1.54) is 28.6 Å². The van der Waals surface area contributed by atoms with Gasteiger partial charge in [0.2, 0.25) is 0 Å². The number of fused-ring (bicyclic) bond motifs is 1. The number of carbonyl (C=O) groups is 2. The van der Waals surface area contributed by atoms with E-state index in [1.54, 1.807) is 60.7 Å². The summed E-state index contributed by atoms with van der Waals surface area (Å²) in [6.07, 6.45) is 4.62. The van der Waals surface area contributed by atoms with E-state index >= 15 is 0 Å². The van der Waals surface area contributed by atoms with Gasteiger partial charge in [0, 0.05) is 23.0 Å². The summed E-state index contributed by atoms with van der Waals surface area (Å²) >= 11 is 7.37. The number of aliphatic hydroxyl groups excluding tert-OH is 1. The Bertz CT molecular complexity index is 1500. The van der Waals surface area contributed by atoms with Crippen LogP contribution in [0.4, 0.5) is 5.13 Å². The summed E-state index contributed by atoms with van der Waals surface area (Å²) < 4.78 is 6.44. The summed E-state index contributed by atoms with van der Waals surface area (Å²) in [7, 11) is 0. The van der Waals surface area contributed by atoms with Crippen LogP contribution in [-0.4, -0.2) is 33.4 Å². The Morgan fingerprint density at radius 1 is 1.17 bits per heavy atom. The number of benzene rings is 2. The van der Waals surface area contributed by atoms with Crippen LogP contribution >= 0.6 is 22.9 Å². The molecule has 0 spiro atoms. The lowest BCUT2D eigenvalue weighted by Gasteiger charge is -2.23. The molecular formula is C26H18ClN3O4S. The molecule has 5 rings (SSSR count). The minimum absolute atomic E-state index is 0.0423. The Morgan fingerprint density at radius 2 is 1.97 bits per heavy atom. The molecule has 9 heteroatoms. The van der Waals surface area contributed by atoms with Crippen molar-refractivity contribution in [1.29, 1.82) is 0 Å². The van der Waals surface area contributed by atoms with Crippen LogP contribution in [0, 0.1) is 0 Å². The molecule has 1 N–H and O–H groups in total. The van der Waals surface area contributed by atoms with Crippen molar-refractivity contribution in [1.82, 2.24) is 9.97 Å². The van der Waals surface area contributed by atoms with E-state index in [0.29, 0.717) is 39.2 Å². The molecule has 3 heterocycles. The van der Waals surface area contributed by atoms with E-state index in [0.717, 1.165) is 4.70 Å². The largest absolute Gasteiger partial charge is 0.507 e. The third-order valence-corrected chi connectivity index (χ3v) is 6.74. The molecule has 35 heavy (non-hydrogen) atoms. The number of thiazole rings is 1. The van der Waals surface area contributed by atoms with Crippen molar-refractivity contribution in [2.24, 2.45) is 0 Å². The summed E-state index contributed by atoms with van der Waals surface area (Å²) in [5, 5.41) is 12.0. The normalized spacial score (nSPS) is 17.2. The number of amides is 1. The van der Waals surface area contributed by atoms with Gasteiger partial charge in [0.25, 0.3) is 5.78 Å². The van der Waals surface area contributed by atoms with Crippen molar-refractivity contribution < 1.29 is 19.4 Å². The first-order valence-electron chi connectivity index (χ1n) is 10.6. The fourth-order valence-electron chi connectivity index (χ4n) is 3.93. The lowest BCUT2D eigenvalue weighted by molar-refractivity contribution is -0.132. The summed E-state index contributed by atoms with van der Waals surface area (Å²) in [4.78, 5) is 36.5. The molecule has 2 aromatic heterocycles. The first-order chi connectivity index (χ1) is 17.0. The van der Waals surface area contributed by atoms with Gasteiger partial charge in [-0.15, -0.1) is 0 Å². The number of hydrogen-bond acceptors (Lipinski definition) is 7. The van der Waals surface area contributed by atoms with Crippen LogP contribution in [0.25, 0.3) is 16.0 Å². The molecule has 0 saturated carbocycles. The standard InChI is InChI=1S/C26H18ClN3O4S/c1-2-12-34-18-5-3-4-16(13-18)22-21(23(31)15-8-10-28-11-9-15)24(32)25(33)30(22)26-29-19-7-6-17(27)14-20(19)35-26/h2-11,13-14,22,31H,1,12H2. The van der Waals surface area contributed by atoms with Gasteiger partial charge in [0.05, 0.1) is 21.8 Å². The molecule has 1 aliphatic rings. The Morgan fingerprint density at radius 3 is 2.74 bits per heavy atom. The highest BCUT2D eigenvalue weighted by Gasteiger charge is 2.48. The van der Waals surface area contributed by atoms with Crippen molar-refractivity contribution in [3.8, 4) is 5.75 Å². The Balaban J connectivity index is 1.71. The number of aliphatic hydroxyl groups is 1. The van der Waals surface area contributed by atoms with Crippen LogP contribution in [0.5, 0.6) is 5.75 Å². The second kappa shape index (κ2) is 9.32. The van der Waals surface area contributed by atoms with Crippen molar-refractivity contribution in [3.05, 3.63) is 101 Å². The predicted octanol–water partition coefficient (Wildman–Crippen LogP) is 5.54. The Kier molecular flexibility index (Phi) is 6.07. The predicted molar refractivity (Wildman–Crippen MR) is 136 cm³/mol. The maximum Gasteiger partial charge on any atom is 0.301 e. The molecule has 4 aromatic rings. The van der Waals surface area contributed by atoms with Crippen LogP contribution in [0.3, 0.4) is 0 Å². The molecule has 2 aromatic carbocycles. The number of rotatable bonds is 6. The lowest BCUT2D eigenvalue weighted by atomic mass is 9.95. The number of pyridine rings is 1. The Hall–Kier alpha value is -4.01.